The summed E-state index contributed by atoms with van der Waals surface area (Å²) in [6.07, 6.45) is 1.19. The maximum Gasteiger partial charge on any atom is 0.272 e. The molecule has 0 bridgehead atoms. The summed E-state index contributed by atoms with van der Waals surface area (Å²) in [5, 5.41) is 10.5. The van der Waals surface area contributed by atoms with E-state index in [1.165, 1.54) is 24.3 Å². The van der Waals surface area contributed by atoms with Gasteiger partial charge in [-0.15, -0.1) is 5.14 Å². The molecular formula is C24H21ClN5O4S2+. The topological polar surface area (TPSA) is 153 Å². The highest BCUT2D eigenvalue weighted by Gasteiger charge is 2.29. The minimum absolute atomic E-state index is 0.0780. The Hall–Kier alpha value is -3.35. The quantitative estimate of drug-likeness (QED) is 0.273. The Morgan fingerprint density at radius 1 is 1.06 bits per heavy atom. The maximum absolute atomic E-state index is 12.9. The summed E-state index contributed by atoms with van der Waals surface area (Å²) in [6, 6.07) is 18.0. The second-order valence-corrected chi connectivity index (χ2v) is 11.4. The van der Waals surface area contributed by atoms with E-state index < -0.39 is 27.3 Å². The number of aromatic nitrogens is 2. The van der Waals surface area contributed by atoms with Crippen LogP contribution in [0.1, 0.15) is 21.6 Å². The number of hydrogen-bond donors (Lipinski definition) is 4. The van der Waals surface area contributed by atoms with Crippen LogP contribution in [-0.4, -0.2) is 28.7 Å². The van der Waals surface area contributed by atoms with Crippen LogP contribution in [-0.2, 0) is 34.2 Å². The molecule has 0 fully saturated rings. The molecule has 1 aromatic heterocycles. The van der Waals surface area contributed by atoms with Gasteiger partial charge in [0.15, 0.2) is 5.69 Å². The van der Waals surface area contributed by atoms with Gasteiger partial charge in [-0.3, -0.25) is 9.52 Å². The summed E-state index contributed by atoms with van der Waals surface area (Å²) in [7, 11) is -3.86. The molecule has 12 heteroatoms. The number of rotatable bonds is 6. The average molecular weight is 543 g/mol. The number of hydrogen-bond acceptors (Lipinski definition) is 6. The number of aryl methyl sites for hydroxylation is 1. The molecule has 0 saturated heterocycles. The van der Waals surface area contributed by atoms with Crippen LogP contribution in [0.5, 0.6) is 0 Å². The zero-order chi connectivity index (χ0) is 25.6. The number of amides is 1. The molecule has 36 heavy (non-hydrogen) atoms. The third-order valence-electron chi connectivity index (χ3n) is 5.93. The average Bonchev–Trinajstić information content (AvgIpc) is 3.25. The van der Waals surface area contributed by atoms with Gasteiger partial charge in [0.2, 0.25) is 4.90 Å². The Bertz CT molecular complexity index is 1580. The number of anilines is 1. The van der Waals surface area contributed by atoms with Gasteiger partial charge >= 0.3 is 0 Å². The zero-order valence-corrected chi connectivity index (χ0v) is 21.1. The van der Waals surface area contributed by atoms with Gasteiger partial charge in [-0.2, -0.15) is 9.65 Å². The third kappa shape index (κ3) is 4.47. The number of sulfonamides is 1. The van der Waals surface area contributed by atoms with Crippen molar-refractivity contribution in [2.45, 2.75) is 22.6 Å². The largest absolute Gasteiger partial charge is 0.364 e. The van der Waals surface area contributed by atoms with Crippen molar-refractivity contribution in [3.05, 3.63) is 88.6 Å². The highest BCUT2D eigenvalue weighted by atomic mass is 35.5. The SMILES string of the molecule is NC(=O)c1nn(-c2ccc([S+](N)O)cc2)c2c1CCc1ccc(NS(=O)(=O)c3ccc(Cl)cc3)cc1-2. The first-order chi connectivity index (χ1) is 17.1. The number of nitrogens with one attached hydrogen (secondary N) is 1. The minimum atomic E-state index is -3.86. The van der Waals surface area contributed by atoms with Crippen LogP contribution in [0.25, 0.3) is 16.9 Å². The van der Waals surface area contributed by atoms with E-state index in [1.807, 2.05) is 6.07 Å². The van der Waals surface area contributed by atoms with Gasteiger partial charge in [-0.1, -0.05) is 17.7 Å². The van der Waals surface area contributed by atoms with Crippen molar-refractivity contribution < 1.29 is 17.8 Å². The fraction of sp³-hybridized carbons (Fsp3) is 0.0833. The lowest BCUT2D eigenvalue weighted by molar-refractivity contribution is 0.0994. The van der Waals surface area contributed by atoms with Crippen molar-refractivity contribution in [1.82, 2.24) is 9.78 Å². The molecule has 0 aliphatic heterocycles. The lowest BCUT2D eigenvalue weighted by Gasteiger charge is -2.20. The summed E-state index contributed by atoms with van der Waals surface area (Å²) in [6.45, 7) is 0. The minimum Gasteiger partial charge on any atom is -0.364 e. The molecule has 184 valence electrons. The highest BCUT2D eigenvalue weighted by Crippen LogP contribution is 2.38. The van der Waals surface area contributed by atoms with Crippen LogP contribution < -0.4 is 15.6 Å². The number of fused-ring (bicyclic) bond motifs is 3. The molecule has 0 spiro atoms. The molecule has 3 aromatic carbocycles. The number of nitrogens with zero attached hydrogens (tertiary/aromatic N) is 2. The van der Waals surface area contributed by atoms with Gasteiger partial charge in [-0.25, -0.2) is 13.1 Å². The Labute approximate surface area is 215 Å². The summed E-state index contributed by atoms with van der Waals surface area (Å²) < 4.78 is 39.8. The predicted molar refractivity (Wildman–Crippen MR) is 140 cm³/mol. The molecule has 5 rings (SSSR count). The third-order valence-corrected chi connectivity index (χ3v) is 8.33. The van der Waals surface area contributed by atoms with Gasteiger partial charge in [0.05, 0.1) is 16.3 Å². The lowest BCUT2D eigenvalue weighted by atomic mass is 9.88. The maximum atomic E-state index is 12.9. The number of halogens is 1. The van der Waals surface area contributed by atoms with Crippen molar-refractivity contribution >= 4 is 44.6 Å². The Morgan fingerprint density at radius 2 is 1.75 bits per heavy atom. The van der Waals surface area contributed by atoms with Crippen LogP contribution in [0.4, 0.5) is 5.69 Å². The van der Waals surface area contributed by atoms with E-state index in [9.17, 15) is 17.8 Å². The molecule has 1 amide bonds. The number of carbonyl (C=O) groups excluding carboxylic acids is 1. The smallest absolute Gasteiger partial charge is 0.272 e. The molecule has 0 radical (unpaired) electrons. The first-order valence-corrected chi connectivity index (χ1v) is 13.9. The van der Waals surface area contributed by atoms with Crippen LogP contribution >= 0.6 is 11.6 Å². The molecule has 9 nitrogen and oxygen atoms in total. The molecule has 4 aromatic rings. The molecule has 1 heterocycles. The molecular weight excluding hydrogens is 522 g/mol. The number of benzene rings is 3. The van der Waals surface area contributed by atoms with E-state index >= 15 is 0 Å². The van der Waals surface area contributed by atoms with Crippen LogP contribution in [0.2, 0.25) is 5.02 Å². The molecule has 1 aliphatic carbocycles. The van der Waals surface area contributed by atoms with E-state index in [2.05, 4.69) is 9.82 Å². The van der Waals surface area contributed by atoms with Crippen LogP contribution in [0, 0.1) is 0 Å². The van der Waals surface area contributed by atoms with E-state index in [-0.39, 0.29) is 10.6 Å². The number of nitrogens with two attached hydrogens (primary N) is 2. The first-order valence-electron chi connectivity index (χ1n) is 10.8. The monoisotopic (exact) mass is 542 g/mol. The van der Waals surface area contributed by atoms with Gasteiger partial charge in [0, 0.05) is 34.0 Å². The van der Waals surface area contributed by atoms with Crippen LogP contribution in [0.3, 0.4) is 0 Å². The highest BCUT2D eigenvalue weighted by molar-refractivity contribution is 7.92. The summed E-state index contributed by atoms with van der Waals surface area (Å²) in [5.74, 6) is -0.650. The van der Waals surface area contributed by atoms with E-state index in [0.717, 1.165) is 11.1 Å². The normalized spacial score (nSPS) is 13.5. The van der Waals surface area contributed by atoms with Gasteiger partial charge < -0.3 is 5.73 Å². The van der Waals surface area contributed by atoms with Crippen molar-refractivity contribution in [3.8, 4) is 16.9 Å². The standard InChI is InChI=1S/C24H20ClN5O4S2/c25-15-3-10-19(11-4-15)36(33,34)29-16-5-1-14-2-12-20-22(24(26)31)28-30(23(20)21(14)13-16)17-6-8-18(9-7-17)35(27)32/h1,3-11,13,29,32H,2,12,27H2,(H-,26,31)/p+1. The Balaban J connectivity index is 1.61. The zero-order valence-electron chi connectivity index (χ0n) is 18.7. The molecule has 0 saturated carbocycles. The summed E-state index contributed by atoms with van der Waals surface area (Å²) in [5.41, 5.74) is 9.84. The summed E-state index contributed by atoms with van der Waals surface area (Å²) in [4.78, 5) is 12.8. The second kappa shape index (κ2) is 9.26. The summed E-state index contributed by atoms with van der Waals surface area (Å²) >= 11 is 4.50. The fourth-order valence-electron chi connectivity index (χ4n) is 4.24. The number of primary amides is 1. The van der Waals surface area contributed by atoms with Crippen molar-refractivity contribution in [2.75, 3.05) is 4.72 Å². The first kappa shape index (κ1) is 24.3. The Morgan fingerprint density at radius 3 is 2.39 bits per heavy atom. The van der Waals surface area contributed by atoms with Crippen molar-refractivity contribution in [2.24, 2.45) is 10.9 Å². The molecule has 6 N–H and O–H groups in total. The van der Waals surface area contributed by atoms with E-state index in [1.54, 1.807) is 41.1 Å². The molecule has 1 unspecified atom stereocenters. The Kier molecular flexibility index (Phi) is 6.27. The van der Waals surface area contributed by atoms with E-state index in [4.69, 9.17) is 22.5 Å². The van der Waals surface area contributed by atoms with Gasteiger partial charge in [0.1, 0.15) is 0 Å². The predicted octanol–water partition coefficient (Wildman–Crippen LogP) is 3.51. The van der Waals surface area contributed by atoms with Gasteiger partial charge in [0.25, 0.3) is 27.3 Å². The lowest BCUT2D eigenvalue weighted by Crippen LogP contribution is -2.16. The second-order valence-electron chi connectivity index (χ2n) is 8.19. The van der Waals surface area contributed by atoms with Gasteiger partial charge in [-0.05, 0) is 66.9 Å². The fourth-order valence-corrected chi connectivity index (χ4v) is 5.83. The van der Waals surface area contributed by atoms with Crippen molar-refractivity contribution in [3.63, 3.8) is 0 Å². The van der Waals surface area contributed by atoms with Crippen LogP contribution in [0.15, 0.2) is 76.5 Å². The molecule has 1 atom stereocenters. The molecule has 1 aliphatic rings. The van der Waals surface area contributed by atoms with Crippen molar-refractivity contribution in [1.29, 1.82) is 0 Å². The van der Waals surface area contributed by atoms with E-state index in [0.29, 0.717) is 45.4 Å². The number of carbonyl (C=O) groups is 1.